The third-order valence-corrected chi connectivity index (χ3v) is 5.37. The number of nitrogens with one attached hydrogen (secondary N) is 1. The molecule has 146 valence electrons. The highest BCUT2D eigenvalue weighted by atomic mass is 35.5. The second-order valence-electron chi connectivity index (χ2n) is 7.27. The number of hydrogen-bond donors (Lipinski definition) is 1. The molecule has 28 heavy (non-hydrogen) atoms. The van der Waals surface area contributed by atoms with Gasteiger partial charge in [0.05, 0.1) is 10.7 Å². The molecule has 1 aliphatic rings. The lowest BCUT2D eigenvalue weighted by Crippen LogP contribution is -2.40. The van der Waals surface area contributed by atoms with Crippen molar-refractivity contribution in [2.24, 2.45) is 5.92 Å². The summed E-state index contributed by atoms with van der Waals surface area (Å²) in [6.45, 7) is 5.08. The molecule has 1 N–H and O–H groups in total. The molecular weight excluding hydrogens is 372 g/mol. The second kappa shape index (κ2) is 9.07. The van der Waals surface area contributed by atoms with Gasteiger partial charge in [-0.2, -0.15) is 0 Å². The molecular formula is C23H25ClN2O2. The van der Waals surface area contributed by atoms with Gasteiger partial charge in [-0.15, -0.1) is 0 Å². The van der Waals surface area contributed by atoms with Crippen LogP contribution in [0, 0.1) is 19.8 Å². The summed E-state index contributed by atoms with van der Waals surface area (Å²) >= 11 is 6.29. The van der Waals surface area contributed by atoms with Crippen molar-refractivity contribution in [3.63, 3.8) is 0 Å². The van der Waals surface area contributed by atoms with Crippen LogP contribution in [-0.4, -0.2) is 29.8 Å². The maximum Gasteiger partial charge on any atom is 0.246 e. The van der Waals surface area contributed by atoms with E-state index in [0.29, 0.717) is 36.6 Å². The number of nitrogens with zero attached hydrogens (tertiary/aromatic N) is 1. The summed E-state index contributed by atoms with van der Waals surface area (Å²) in [5, 5.41) is 3.54. The fraction of sp³-hybridized carbons (Fsp3) is 0.304. The van der Waals surface area contributed by atoms with Gasteiger partial charge in [-0.05, 0) is 55.5 Å². The third-order valence-electron chi connectivity index (χ3n) is 5.08. The Morgan fingerprint density at radius 3 is 2.43 bits per heavy atom. The molecule has 1 aliphatic heterocycles. The minimum absolute atomic E-state index is 0.0138. The van der Waals surface area contributed by atoms with E-state index in [1.54, 1.807) is 11.0 Å². The van der Waals surface area contributed by atoms with Crippen LogP contribution in [0.15, 0.2) is 48.5 Å². The molecule has 3 rings (SSSR count). The fourth-order valence-corrected chi connectivity index (χ4v) is 3.87. The highest BCUT2D eigenvalue weighted by Gasteiger charge is 2.27. The van der Waals surface area contributed by atoms with Gasteiger partial charge in [0.15, 0.2) is 0 Å². The van der Waals surface area contributed by atoms with Crippen molar-refractivity contribution in [2.75, 3.05) is 18.4 Å². The molecule has 4 nitrogen and oxygen atoms in total. The largest absolute Gasteiger partial charge is 0.339 e. The third kappa shape index (κ3) is 5.02. The lowest BCUT2D eigenvalue weighted by molar-refractivity contribution is -0.130. The molecule has 1 fully saturated rings. The van der Waals surface area contributed by atoms with E-state index in [-0.39, 0.29) is 17.7 Å². The van der Waals surface area contributed by atoms with Crippen LogP contribution < -0.4 is 5.32 Å². The van der Waals surface area contributed by atoms with E-state index in [0.717, 1.165) is 16.7 Å². The van der Waals surface area contributed by atoms with Gasteiger partial charge in [0, 0.05) is 25.1 Å². The first-order valence-electron chi connectivity index (χ1n) is 9.53. The quantitative estimate of drug-likeness (QED) is 0.751. The topological polar surface area (TPSA) is 49.4 Å². The Morgan fingerprint density at radius 2 is 1.79 bits per heavy atom. The van der Waals surface area contributed by atoms with E-state index in [4.69, 9.17) is 11.6 Å². The molecule has 0 atom stereocenters. The Labute approximate surface area is 171 Å². The summed E-state index contributed by atoms with van der Waals surface area (Å²) in [7, 11) is 0. The van der Waals surface area contributed by atoms with E-state index in [2.05, 4.69) is 5.32 Å². The summed E-state index contributed by atoms with van der Waals surface area (Å²) < 4.78 is 0. The molecule has 0 bridgehead atoms. The molecule has 0 radical (unpaired) electrons. The number of hydrogen-bond acceptors (Lipinski definition) is 2. The smallest absolute Gasteiger partial charge is 0.246 e. The molecule has 0 aliphatic carbocycles. The van der Waals surface area contributed by atoms with Gasteiger partial charge in [0.2, 0.25) is 11.8 Å². The summed E-state index contributed by atoms with van der Waals surface area (Å²) in [6, 6.07) is 13.6. The van der Waals surface area contributed by atoms with Gasteiger partial charge in [0.1, 0.15) is 0 Å². The van der Waals surface area contributed by atoms with Gasteiger partial charge in [0.25, 0.3) is 0 Å². The van der Waals surface area contributed by atoms with Crippen LogP contribution >= 0.6 is 11.6 Å². The number of rotatable bonds is 4. The number of anilines is 1. The van der Waals surface area contributed by atoms with Gasteiger partial charge < -0.3 is 10.2 Å². The molecule has 2 amide bonds. The monoisotopic (exact) mass is 396 g/mol. The fourth-order valence-electron chi connectivity index (χ4n) is 3.50. The molecule has 5 heteroatoms. The van der Waals surface area contributed by atoms with Crippen LogP contribution in [-0.2, 0) is 9.59 Å². The highest BCUT2D eigenvalue weighted by Crippen LogP contribution is 2.29. The number of likely N-dealkylation sites (tertiary alicyclic amines) is 1. The number of aryl methyl sites for hydroxylation is 2. The first-order chi connectivity index (χ1) is 13.4. The lowest BCUT2D eigenvalue weighted by atomic mass is 9.95. The van der Waals surface area contributed by atoms with E-state index >= 15 is 0 Å². The Kier molecular flexibility index (Phi) is 6.53. The Hall–Kier alpha value is -2.59. The first-order valence-corrected chi connectivity index (χ1v) is 9.91. The average molecular weight is 397 g/mol. The van der Waals surface area contributed by atoms with Crippen LogP contribution in [0.4, 0.5) is 5.69 Å². The predicted octanol–water partition coefficient (Wildman–Crippen LogP) is 4.85. The van der Waals surface area contributed by atoms with Crippen LogP contribution in [0.5, 0.6) is 0 Å². The molecule has 0 spiro atoms. The number of carbonyl (C=O) groups excluding carboxylic acids is 2. The number of halogens is 1. The van der Waals surface area contributed by atoms with Crippen molar-refractivity contribution in [1.82, 2.24) is 4.90 Å². The van der Waals surface area contributed by atoms with Gasteiger partial charge in [-0.25, -0.2) is 0 Å². The van der Waals surface area contributed by atoms with Crippen molar-refractivity contribution >= 4 is 35.2 Å². The molecule has 2 aromatic rings. The van der Waals surface area contributed by atoms with E-state index in [9.17, 15) is 9.59 Å². The molecule has 0 saturated carbocycles. The van der Waals surface area contributed by atoms with Crippen molar-refractivity contribution in [1.29, 1.82) is 0 Å². The molecule has 1 saturated heterocycles. The zero-order chi connectivity index (χ0) is 20.1. The summed E-state index contributed by atoms with van der Waals surface area (Å²) in [4.78, 5) is 26.8. The Balaban J connectivity index is 1.54. The van der Waals surface area contributed by atoms with E-state index in [1.165, 1.54) is 0 Å². The van der Waals surface area contributed by atoms with Crippen LogP contribution in [0.1, 0.15) is 29.5 Å². The maximum atomic E-state index is 12.7. The van der Waals surface area contributed by atoms with Crippen LogP contribution in [0.25, 0.3) is 6.08 Å². The van der Waals surface area contributed by atoms with E-state index < -0.39 is 0 Å². The SMILES string of the molecule is Cc1cc(C)c(NC(=O)C2CCN(C(=O)/C=C/c3ccccc3)CC2)c(Cl)c1. The van der Waals surface area contributed by atoms with Gasteiger partial charge >= 0.3 is 0 Å². The lowest BCUT2D eigenvalue weighted by Gasteiger charge is -2.30. The standard InChI is InChI=1S/C23H25ClN2O2/c1-16-14-17(2)22(20(24)15-16)25-23(28)19-10-12-26(13-11-19)21(27)9-8-18-6-4-3-5-7-18/h3-9,14-15,19H,10-13H2,1-2H3,(H,25,28)/b9-8+. The molecule has 0 aromatic heterocycles. The maximum absolute atomic E-state index is 12.7. The van der Waals surface area contributed by atoms with Crippen LogP contribution in [0.2, 0.25) is 5.02 Å². The number of amides is 2. The number of carbonyl (C=O) groups is 2. The first kappa shape index (κ1) is 20.2. The highest BCUT2D eigenvalue weighted by molar-refractivity contribution is 6.34. The molecule has 2 aromatic carbocycles. The van der Waals surface area contributed by atoms with Crippen LogP contribution in [0.3, 0.4) is 0 Å². The van der Waals surface area contributed by atoms with Crippen molar-refractivity contribution in [3.8, 4) is 0 Å². The second-order valence-corrected chi connectivity index (χ2v) is 7.68. The van der Waals surface area contributed by atoms with E-state index in [1.807, 2.05) is 62.4 Å². The normalized spacial score (nSPS) is 15.0. The van der Waals surface area contributed by atoms with Gasteiger partial charge in [-0.3, -0.25) is 9.59 Å². The zero-order valence-corrected chi connectivity index (χ0v) is 17.0. The summed E-state index contributed by atoms with van der Waals surface area (Å²) in [5.41, 5.74) is 3.70. The zero-order valence-electron chi connectivity index (χ0n) is 16.2. The van der Waals surface area contributed by atoms with Crippen molar-refractivity contribution < 1.29 is 9.59 Å². The Bertz CT molecular complexity index is 862. The Morgan fingerprint density at radius 1 is 1.11 bits per heavy atom. The summed E-state index contributed by atoms with van der Waals surface area (Å²) in [6.07, 6.45) is 4.73. The molecule has 0 unspecified atom stereocenters. The summed E-state index contributed by atoms with van der Waals surface area (Å²) in [5.74, 6) is -0.153. The minimum Gasteiger partial charge on any atom is -0.339 e. The van der Waals surface area contributed by atoms with Gasteiger partial charge in [-0.1, -0.05) is 48.0 Å². The van der Waals surface area contributed by atoms with Crippen molar-refractivity contribution in [3.05, 3.63) is 70.3 Å². The number of benzene rings is 2. The minimum atomic E-state index is -0.112. The van der Waals surface area contributed by atoms with Crippen molar-refractivity contribution in [2.45, 2.75) is 26.7 Å². The predicted molar refractivity (Wildman–Crippen MR) is 114 cm³/mol. The average Bonchev–Trinajstić information content (AvgIpc) is 2.69. The molecule has 1 heterocycles. The number of piperidine rings is 1.